The van der Waals surface area contributed by atoms with Gasteiger partial charge < -0.3 is 8.94 Å². The zero-order valence-electron chi connectivity index (χ0n) is 13.5. The molecule has 4 aromatic rings. The van der Waals surface area contributed by atoms with Gasteiger partial charge in [0.2, 0.25) is 11.8 Å². The summed E-state index contributed by atoms with van der Waals surface area (Å²) in [6.07, 6.45) is 0.563. The third kappa shape index (κ3) is 4.12. The molecule has 0 unspecified atom stereocenters. The van der Waals surface area contributed by atoms with Gasteiger partial charge in [-0.2, -0.15) is 4.98 Å². The Morgan fingerprint density at radius 1 is 1.00 bits per heavy atom. The van der Waals surface area contributed by atoms with Gasteiger partial charge in [-0.1, -0.05) is 58.9 Å². The SMILES string of the molecule is Clc1cccc(Cc2noc(CSc3nnc(-c4ccccc4)o3)n2)c1. The third-order valence-corrected chi connectivity index (χ3v) is 4.55. The molecule has 0 aliphatic carbocycles. The summed E-state index contributed by atoms with van der Waals surface area (Å²) in [6, 6.07) is 17.2. The van der Waals surface area contributed by atoms with E-state index in [2.05, 4.69) is 20.3 Å². The maximum Gasteiger partial charge on any atom is 0.277 e. The first-order valence-electron chi connectivity index (χ1n) is 7.84. The van der Waals surface area contributed by atoms with Crippen molar-refractivity contribution in [3.8, 4) is 11.5 Å². The van der Waals surface area contributed by atoms with Crippen molar-refractivity contribution in [2.75, 3.05) is 0 Å². The van der Waals surface area contributed by atoms with Crippen LogP contribution < -0.4 is 0 Å². The standard InChI is InChI=1S/C18H13ClN4O2S/c19-14-8-4-5-12(9-14)10-15-20-16(25-23-15)11-26-18-22-21-17(24-18)13-6-2-1-3-7-13/h1-9H,10-11H2. The van der Waals surface area contributed by atoms with Crippen molar-refractivity contribution in [3.05, 3.63) is 76.9 Å². The summed E-state index contributed by atoms with van der Waals surface area (Å²) in [7, 11) is 0. The van der Waals surface area contributed by atoms with E-state index in [9.17, 15) is 0 Å². The highest BCUT2D eigenvalue weighted by atomic mass is 35.5. The molecule has 0 spiro atoms. The van der Waals surface area contributed by atoms with Crippen molar-refractivity contribution in [2.24, 2.45) is 0 Å². The molecule has 0 N–H and O–H groups in total. The quantitative estimate of drug-likeness (QED) is 0.447. The minimum absolute atomic E-state index is 0.457. The van der Waals surface area contributed by atoms with E-state index in [1.54, 1.807) is 0 Å². The average molecular weight is 385 g/mol. The Balaban J connectivity index is 1.37. The van der Waals surface area contributed by atoms with Crippen LogP contribution in [-0.2, 0) is 12.2 Å². The second-order valence-electron chi connectivity index (χ2n) is 5.44. The van der Waals surface area contributed by atoms with Gasteiger partial charge in [-0.3, -0.25) is 0 Å². The van der Waals surface area contributed by atoms with Gasteiger partial charge in [0.1, 0.15) is 0 Å². The lowest BCUT2D eigenvalue weighted by molar-refractivity contribution is 0.385. The lowest BCUT2D eigenvalue weighted by atomic mass is 10.1. The average Bonchev–Trinajstić information content (AvgIpc) is 3.30. The molecule has 8 heteroatoms. The first-order chi connectivity index (χ1) is 12.8. The van der Waals surface area contributed by atoms with Gasteiger partial charge in [-0.15, -0.1) is 10.2 Å². The molecule has 4 rings (SSSR count). The maximum absolute atomic E-state index is 5.99. The molecule has 2 heterocycles. The van der Waals surface area contributed by atoms with Crippen LogP contribution in [0.4, 0.5) is 0 Å². The number of benzene rings is 2. The number of thioether (sulfide) groups is 1. The summed E-state index contributed by atoms with van der Waals surface area (Å²) in [6.45, 7) is 0. The van der Waals surface area contributed by atoms with E-state index in [1.165, 1.54) is 11.8 Å². The van der Waals surface area contributed by atoms with Crippen LogP contribution in [0.2, 0.25) is 5.02 Å². The van der Waals surface area contributed by atoms with Crippen molar-refractivity contribution in [3.63, 3.8) is 0 Å². The van der Waals surface area contributed by atoms with Crippen molar-refractivity contribution in [1.29, 1.82) is 0 Å². The maximum atomic E-state index is 5.99. The first kappa shape index (κ1) is 16.8. The molecule has 0 saturated heterocycles. The smallest absolute Gasteiger partial charge is 0.277 e. The van der Waals surface area contributed by atoms with Crippen molar-refractivity contribution < 1.29 is 8.94 Å². The molecule has 26 heavy (non-hydrogen) atoms. The normalized spacial score (nSPS) is 11.0. The first-order valence-corrected chi connectivity index (χ1v) is 9.20. The Bertz CT molecular complexity index is 1000. The Morgan fingerprint density at radius 3 is 2.73 bits per heavy atom. The van der Waals surface area contributed by atoms with Crippen molar-refractivity contribution in [2.45, 2.75) is 17.4 Å². The molecule has 0 atom stereocenters. The Hall–Kier alpha value is -2.64. The van der Waals surface area contributed by atoms with E-state index >= 15 is 0 Å². The van der Waals surface area contributed by atoms with Crippen LogP contribution in [0.25, 0.3) is 11.5 Å². The predicted octanol–water partition coefficient (Wildman–Crippen LogP) is 4.66. The molecule has 0 fully saturated rings. The number of rotatable bonds is 6. The summed E-state index contributed by atoms with van der Waals surface area (Å²) < 4.78 is 10.9. The van der Waals surface area contributed by atoms with E-state index < -0.39 is 0 Å². The zero-order chi connectivity index (χ0) is 17.8. The van der Waals surface area contributed by atoms with Crippen molar-refractivity contribution in [1.82, 2.24) is 20.3 Å². The van der Waals surface area contributed by atoms with Gasteiger partial charge >= 0.3 is 0 Å². The van der Waals surface area contributed by atoms with Gasteiger partial charge in [0.25, 0.3) is 5.22 Å². The molecular formula is C18H13ClN4O2S. The fourth-order valence-corrected chi connectivity index (χ4v) is 3.15. The molecule has 0 saturated carbocycles. The Morgan fingerprint density at radius 2 is 1.88 bits per heavy atom. The molecule has 2 aromatic heterocycles. The van der Waals surface area contributed by atoms with Crippen LogP contribution in [0.15, 0.2) is 68.8 Å². The minimum atomic E-state index is 0.457. The van der Waals surface area contributed by atoms with Crippen LogP contribution in [-0.4, -0.2) is 20.3 Å². The number of aromatic nitrogens is 4. The van der Waals surface area contributed by atoms with Crippen LogP contribution >= 0.6 is 23.4 Å². The predicted molar refractivity (Wildman–Crippen MR) is 97.9 cm³/mol. The number of hydrogen-bond acceptors (Lipinski definition) is 7. The van der Waals surface area contributed by atoms with E-state index in [-0.39, 0.29) is 0 Å². The number of halogens is 1. The molecule has 0 aliphatic rings. The van der Waals surface area contributed by atoms with Crippen LogP contribution in [0.1, 0.15) is 17.3 Å². The summed E-state index contributed by atoms with van der Waals surface area (Å²) in [5.74, 6) is 2.06. The molecule has 0 amide bonds. The highest BCUT2D eigenvalue weighted by molar-refractivity contribution is 7.98. The topological polar surface area (TPSA) is 77.8 Å². The molecular weight excluding hydrogens is 372 g/mol. The zero-order valence-corrected chi connectivity index (χ0v) is 15.1. The molecule has 6 nitrogen and oxygen atoms in total. The largest absolute Gasteiger partial charge is 0.411 e. The number of nitrogens with zero attached hydrogens (tertiary/aromatic N) is 4. The van der Waals surface area contributed by atoms with Gasteiger partial charge in [0.05, 0.1) is 5.75 Å². The second kappa shape index (κ2) is 7.72. The lowest BCUT2D eigenvalue weighted by Gasteiger charge is -1.96. The van der Waals surface area contributed by atoms with Crippen molar-refractivity contribution >= 4 is 23.4 Å². The third-order valence-electron chi connectivity index (χ3n) is 3.51. The Kier molecular flexibility index (Phi) is 4.99. The summed E-state index contributed by atoms with van der Waals surface area (Å²) in [5.41, 5.74) is 1.91. The fraction of sp³-hybridized carbons (Fsp3) is 0.111. The van der Waals surface area contributed by atoms with Gasteiger partial charge in [0, 0.05) is 17.0 Å². The fourth-order valence-electron chi connectivity index (χ4n) is 2.34. The molecule has 0 aliphatic heterocycles. The lowest BCUT2D eigenvalue weighted by Crippen LogP contribution is -1.91. The van der Waals surface area contributed by atoms with Crippen LogP contribution in [0, 0.1) is 0 Å². The van der Waals surface area contributed by atoms with E-state index in [4.69, 9.17) is 20.5 Å². The van der Waals surface area contributed by atoms with E-state index in [1.807, 2.05) is 54.6 Å². The number of hydrogen-bond donors (Lipinski definition) is 0. The van der Waals surface area contributed by atoms with Crippen LogP contribution in [0.3, 0.4) is 0 Å². The summed E-state index contributed by atoms with van der Waals surface area (Å²) in [5, 5.41) is 13.2. The second-order valence-corrected chi connectivity index (χ2v) is 6.80. The van der Waals surface area contributed by atoms with E-state index in [0.29, 0.717) is 40.0 Å². The van der Waals surface area contributed by atoms with Gasteiger partial charge in [-0.05, 0) is 29.8 Å². The highest BCUT2D eigenvalue weighted by Crippen LogP contribution is 2.25. The van der Waals surface area contributed by atoms with Gasteiger partial charge in [-0.25, -0.2) is 0 Å². The monoisotopic (exact) mass is 384 g/mol. The Labute approximate surface area is 158 Å². The highest BCUT2D eigenvalue weighted by Gasteiger charge is 2.12. The van der Waals surface area contributed by atoms with E-state index in [0.717, 1.165) is 11.1 Å². The van der Waals surface area contributed by atoms with Crippen LogP contribution in [0.5, 0.6) is 0 Å². The molecule has 0 bridgehead atoms. The summed E-state index contributed by atoms with van der Waals surface area (Å²) in [4.78, 5) is 4.38. The molecule has 2 aromatic carbocycles. The molecule has 0 radical (unpaired) electrons. The molecule has 130 valence electrons. The minimum Gasteiger partial charge on any atom is -0.411 e. The summed E-state index contributed by atoms with van der Waals surface area (Å²) >= 11 is 7.34. The van der Waals surface area contributed by atoms with Gasteiger partial charge in [0.15, 0.2) is 5.82 Å².